The second kappa shape index (κ2) is 8.88. The Morgan fingerprint density at radius 3 is 2.07 bits per heavy atom. The lowest BCUT2D eigenvalue weighted by molar-refractivity contribution is 0.782. The van der Waals surface area contributed by atoms with Crippen LogP contribution in [0.3, 0.4) is 0 Å². The molecule has 7 aromatic rings. The number of aromatic nitrogens is 3. The number of rotatable bonds is 3. The molecule has 5 aromatic carbocycles. The Morgan fingerprint density at radius 2 is 1.30 bits per heavy atom. The van der Waals surface area contributed by atoms with Gasteiger partial charge in [0.25, 0.3) is 0 Å². The van der Waals surface area contributed by atoms with Crippen LogP contribution in [0.2, 0.25) is 0 Å². The summed E-state index contributed by atoms with van der Waals surface area (Å²) in [6, 6.07) is 45.4. The van der Waals surface area contributed by atoms with Gasteiger partial charge >= 0.3 is 0 Å². The van der Waals surface area contributed by atoms with Crippen LogP contribution in [0.25, 0.3) is 55.8 Å². The predicted octanol–water partition coefficient (Wildman–Crippen LogP) is 9.48. The van der Waals surface area contributed by atoms with Crippen molar-refractivity contribution in [2.24, 2.45) is 0 Å². The van der Waals surface area contributed by atoms with E-state index in [9.17, 15) is 0 Å². The molecule has 0 N–H and O–H groups in total. The average Bonchev–Trinajstić information content (AvgIpc) is 3.74. The minimum Gasteiger partial charge on any atom is -0.332 e. The third kappa shape index (κ3) is 3.17. The summed E-state index contributed by atoms with van der Waals surface area (Å²) < 4.78 is 2.26. The zero-order valence-corrected chi connectivity index (χ0v) is 23.8. The molecule has 44 heavy (non-hydrogen) atoms. The molecule has 0 amide bonds. The predicted molar refractivity (Wildman–Crippen MR) is 179 cm³/mol. The lowest BCUT2D eigenvalue weighted by Gasteiger charge is -2.24. The maximum Gasteiger partial charge on any atom is 0.235 e. The van der Waals surface area contributed by atoms with Gasteiger partial charge in [-0.3, -0.25) is 4.57 Å². The molecule has 10 rings (SSSR count). The highest BCUT2D eigenvalue weighted by Gasteiger charge is 2.48. The fourth-order valence-corrected chi connectivity index (χ4v) is 7.69. The normalized spacial score (nSPS) is 17.5. The number of hydrogen-bond donors (Lipinski definition) is 0. The van der Waals surface area contributed by atoms with Crippen LogP contribution in [-0.2, 0) is 0 Å². The Balaban J connectivity index is 1.29. The Kier molecular flexibility index (Phi) is 4.80. The molecular formula is C40H26N4. The van der Waals surface area contributed by atoms with Crippen molar-refractivity contribution in [2.75, 3.05) is 4.90 Å². The lowest BCUT2D eigenvalue weighted by Crippen LogP contribution is -2.26. The van der Waals surface area contributed by atoms with E-state index in [1.165, 1.54) is 38.8 Å². The first kappa shape index (κ1) is 23.8. The minimum atomic E-state index is 0.280. The number of fused-ring (bicyclic) bond motifs is 10. The maximum atomic E-state index is 5.24. The van der Waals surface area contributed by atoms with Crippen molar-refractivity contribution >= 4 is 38.8 Å². The van der Waals surface area contributed by atoms with Crippen LogP contribution in [0.5, 0.6) is 0 Å². The monoisotopic (exact) mass is 562 g/mol. The Labute approximate surface area is 254 Å². The quantitative estimate of drug-likeness (QED) is 0.215. The first-order valence-electron chi connectivity index (χ1n) is 15.2. The molecule has 2 aromatic heterocycles. The molecule has 2 atom stereocenters. The number of nitrogens with zero attached hydrogens (tertiary/aromatic N) is 4. The zero-order chi connectivity index (χ0) is 28.8. The molecule has 206 valence electrons. The third-order valence-corrected chi connectivity index (χ3v) is 9.50. The summed E-state index contributed by atoms with van der Waals surface area (Å²) in [4.78, 5) is 13.1. The van der Waals surface area contributed by atoms with Gasteiger partial charge in [-0.05, 0) is 35.4 Å². The second-order valence-corrected chi connectivity index (χ2v) is 11.8. The van der Waals surface area contributed by atoms with Crippen LogP contribution in [0.1, 0.15) is 17.0 Å². The molecule has 1 aliphatic carbocycles. The van der Waals surface area contributed by atoms with Gasteiger partial charge in [-0.1, -0.05) is 121 Å². The van der Waals surface area contributed by atoms with Crippen LogP contribution >= 0.6 is 0 Å². The zero-order valence-electron chi connectivity index (χ0n) is 23.8. The number of anilines is 2. The third-order valence-electron chi connectivity index (χ3n) is 9.50. The van der Waals surface area contributed by atoms with E-state index in [2.05, 4.69) is 143 Å². The maximum absolute atomic E-state index is 5.24. The van der Waals surface area contributed by atoms with Gasteiger partial charge < -0.3 is 4.90 Å². The Hall–Kier alpha value is -5.74. The smallest absolute Gasteiger partial charge is 0.235 e. The molecule has 2 aliphatic heterocycles. The molecule has 4 heteroatoms. The summed E-state index contributed by atoms with van der Waals surface area (Å²) in [5.41, 5.74) is 12.9. The number of benzene rings is 5. The fraction of sp³-hybridized carbons (Fsp3) is 0.0500. The summed E-state index contributed by atoms with van der Waals surface area (Å²) in [6.07, 6.45) is 6.93. The number of para-hydroxylation sites is 2. The number of allylic oxidation sites excluding steroid dienone is 2. The SMILES string of the molecule is C1=CC2c3ccc4c(c3N3c5ccccc5C(=C1)C23)c1ccccc1n4-c1nc(-c2ccccc2)cc(-c2ccccc2)n1. The van der Waals surface area contributed by atoms with Crippen molar-refractivity contribution in [3.63, 3.8) is 0 Å². The van der Waals surface area contributed by atoms with Crippen molar-refractivity contribution in [3.8, 4) is 28.5 Å². The van der Waals surface area contributed by atoms with Gasteiger partial charge in [0.15, 0.2) is 0 Å². The van der Waals surface area contributed by atoms with Gasteiger partial charge in [0.2, 0.25) is 5.95 Å². The molecule has 0 bridgehead atoms. The largest absolute Gasteiger partial charge is 0.332 e. The molecule has 0 saturated heterocycles. The standard InChI is InChI=1S/C40H26N4/c1-3-12-25(13-4-1)32-24-33(26-14-5-2-6-15-26)42-40(41-32)43-35-21-10-8-17-31(35)37-36(43)23-22-30-29-19-11-18-28-27-16-7-9-20-34(27)44(38(28)29)39(30)37/h1-24,29,38H. The van der Waals surface area contributed by atoms with Crippen LogP contribution in [0.15, 0.2) is 146 Å². The lowest BCUT2D eigenvalue weighted by atomic mass is 9.85. The molecule has 0 radical (unpaired) electrons. The van der Waals surface area contributed by atoms with Crippen LogP contribution in [0.4, 0.5) is 11.4 Å². The Bertz CT molecular complexity index is 2290. The highest BCUT2D eigenvalue weighted by molar-refractivity contribution is 6.18. The molecular weight excluding hydrogens is 536 g/mol. The second-order valence-electron chi connectivity index (χ2n) is 11.8. The van der Waals surface area contributed by atoms with Gasteiger partial charge in [-0.15, -0.1) is 0 Å². The van der Waals surface area contributed by atoms with E-state index in [4.69, 9.17) is 9.97 Å². The molecule has 4 heterocycles. The van der Waals surface area contributed by atoms with Gasteiger partial charge in [0, 0.05) is 39.1 Å². The molecule has 2 unspecified atom stereocenters. The van der Waals surface area contributed by atoms with Crippen LogP contribution in [-0.4, -0.2) is 20.6 Å². The summed E-state index contributed by atoms with van der Waals surface area (Å²) in [5, 5.41) is 2.47. The summed E-state index contributed by atoms with van der Waals surface area (Å²) >= 11 is 0. The fourth-order valence-electron chi connectivity index (χ4n) is 7.69. The highest BCUT2D eigenvalue weighted by atomic mass is 15.2. The molecule has 3 aliphatic rings. The highest BCUT2D eigenvalue weighted by Crippen LogP contribution is 2.60. The van der Waals surface area contributed by atoms with Gasteiger partial charge in [-0.2, -0.15) is 0 Å². The van der Waals surface area contributed by atoms with E-state index < -0.39 is 0 Å². The van der Waals surface area contributed by atoms with Crippen LogP contribution < -0.4 is 4.90 Å². The van der Waals surface area contributed by atoms with E-state index in [1.54, 1.807) is 0 Å². The van der Waals surface area contributed by atoms with Gasteiger partial charge in [-0.25, -0.2) is 9.97 Å². The topological polar surface area (TPSA) is 34.0 Å². The van der Waals surface area contributed by atoms with Crippen molar-refractivity contribution in [3.05, 3.63) is 157 Å². The van der Waals surface area contributed by atoms with E-state index in [0.717, 1.165) is 33.5 Å². The van der Waals surface area contributed by atoms with Crippen molar-refractivity contribution < 1.29 is 0 Å². The molecule has 0 fully saturated rings. The molecule has 0 spiro atoms. The first-order valence-corrected chi connectivity index (χ1v) is 15.2. The van der Waals surface area contributed by atoms with E-state index in [0.29, 0.717) is 11.9 Å². The van der Waals surface area contributed by atoms with E-state index in [-0.39, 0.29) is 6.04 Å². The first-order chi connectivity index (χ1) is 21.8. The van der Waals surface area contributed by atoms with Crippen molar-refractivity contribution in [2.45, 2.75) is 12.0 Å². The Morgan fingerprint density at radius 1 is 0.614 bits per heavy atom. The van der Waals surface area contributed by atoms with Crippen molar-refractivity contribution in [1.29, 1.82) is 0 Å². The van der Waals surface area contributed by atoms with Gasteiger partial charge in [0.1, 0.15) is 0 Å². The van der Waals surface area contributed by atoms with E-state index >= 15 is 0 Å². The van der Waals surface area contributed by atoms with Gasteiger partial charge in [0.05, 0.1) is 34.2 Å². The summed E-state index contributed by atoms with van der Waals surface area (Å²) in [5.74, 6) is 0.986. The van der Waals surface area contributed by atoms with Crippen molar-refractivity contribution in [1.82, 2.24) is 14.5 Å². The summed E-state index contributed by atoms with van der Waals surface area (Å²) in [6.45, 7) is 0. The molecule has 4 nitrogen and oxygen atoms in total. The summed E-state index contributed by atoms with van der Waals surface area (Å²) in [7, 11) is 0. The minimum absolute atomic E-state index is 0.280. The van der Waals surface area contributed by atoms with Crippen LogP contribution in [0, 0.1) is 0 Å². The number of hydrogen-bond acceptors (Lipinski definition) is 3. The average molecular weight is 563 g/mol. The molecule has 0 saturated carbocycles. The van der Waals surface area contributed by atoms with E-state index in [1.807, 2.05) is 12.1 Å².